The van der Waals surface area contributed by atoms with Gasteiger partial charge in [0.15, 0.2) is 0 Å². The number of nitrogens with one attached hydrogen (secondary N) is 1. The highest BCUT2D eigenvalue weighted by Gasteiger charge is 2.25. The summed E-state index contributed by atoms with van der Waals surface area (Å²) in [4.78, 5) is 27.1. The van der Waals surface area contributed by atoms with E-state index in [0.29, 0.717) is 19.6 Å². The molecule has 2 aliphatic rings. The highest BCUT2D eigenvalue weighted by molar-refractivity contribution is 5.80. The van der Waals surface area contributed by atoms with Gasteiger partial charge in [-0.25, -0.2) is 4.68 Å². The lowest BCUT2D eigenvalue weighted by molar-refractivity contribution is -0.125. The van der Waals surface area contributed by atoms with Crippen molar-refractivity contribution in [3.63, 3.8) is 0 Å². The molecule has 3 rings (SSSR count). The number of carbonyl (C=O) groups excluding carboxylic acids is 1. The molecule has 0 spiro atoms. The molecule has 2 fully saturated rings. The van der Waals surface area contributed by atoms with E-state index in [9.17, 15) is 9.59 Å². The second-order valence-corrected chi connectivity index (χ2v) is 6.51. The summed E-state index contributed by atoms with van der Waals surface area (Å²) in [5.41, 5.74) is 0.568. The predicted molar refractivity (Wildman–Crippen MR) is 91.3 cm³/mol. The van der Waals surface area contributed by atoms with Crippen molar-refractivity contribution in [2.24, 2.45) is 0 Å². The maximum absolute atomic E-state index is 12.5. The van der Waals surface area contributed by atoms with Crippen molar-refractivity contribution in [3.8, 4) is 0 Å². The molecule has 2 heterocycles. The van der Waals surface area contributed by atoms with Crippen LogP contribution in [0.2, 0.25) is 0 Å². The number of rotatable bonds is 5. The summed E-state index contributed by atoms with van der Waals surface area (Å²) >= 11 is 0. The van der Waals surface area contributed by atoms with Crippen molar-refractivity contribution >= 4 is 11.6 Å². The number of amides is 1. The molecule has 1 atom stereocenters. The van der Waals surface area contributed by atoms with Crippen LogP contribution in [0.1, 0.15) is 45.1 Å². The standard InChI is InChI=1S/C17H26N4O3/c1-2-15(17(23)19-13-5-3-4-6-13)21-16(22)11-14(12-18-21)20-7-9-24-10-8-20/h11-13,15H,2-10H2,1H3,(H,19,23). The van der Waals surface area contributed by atoms with Crippen LogP contribution in [0.4, 0.5) is 5.69 Å². The van der Waals surface area contributed by atoms with Crippen LogP contribution < -0.4 is 15.8 Å². The molecule has 1 saturated heterocycles. The smallest absolute Gasteiger partial charge is 0.269 e. The molecule has 1 unspecified atom stereocenters. The van der Waals surface area contributed by atoms with Crippen molar-refractivity contribution < 1.29 is 9.53 Å². The van der Waals surface area contributed by atoms with Crippen LogP contribution in [-0.4, -0.2) is 48.0 Å². The van der Waals surface area contributed by atoms with E-state index in [1.54, 1.807) is 12.3 Å². The molecule has 1 N–H and O–H groups in total. The van der Waals surface area contributed by atoms with Gasteiger partial charge in [-0.15, -0.1) is 0 Å². The lowest BCUT2D eigenvalue weighted by Gasteiger charge is -2.28. The third kappa shape index (κ3) is 3.77. The van der Waals surface area contributed by atoms with Gasteiger partial charge < -0.3 is 15.0 Å². The van der Waals surface area contributed by atoms with Crippen LogP contribution in [0.5, 0.6) is 0 Å². The van der Waals surface area contributed by atoms with Crippen LogP contribution >= 0.6 is 0 Å². The summed E-state index contributed by atoms with van der Waals surface area (Å²) in [7, 11) is 0. The molecule has 0 aromatic carbocycles. The van der Waals surface area contributed by atoms with E-state index in [-0.39, 0.29) is 17.5 Å². The van der Waals surface area contributed by atoms with Gasteiger partial charge in [-0.1, -0.05) is 19.8 Å². The molecule has 0 bridgehead atoms. The summed E-state index contributed by atoms with van der Waals surface area (Å²) in [6.45, 7) is 4.73. The molecule has 7 nitrogen and oxygen atoms in total. The molecular weight excluding hydrogens is 308 g/mol. The van der Waals surface area contributed by atoms with Crippen LogP contribution in [0.3, 0.4) is 0 Å². The fourth-order valence-electron chi connectivity index (χ4n) is 3.47. The first kappa shape index (κ1) is 17.0. The Labute approximate surface area is 142 Å². The van der Waals surface area contributed by atoms with Crippen molar-refractivity contribution in [3.05, 3.63) is 22.6 Å². The number of ether oxygens (including phenoxy) is 1. The largest absolute Gasteiger partial charge is 0.378 e. The minimum Gasteiger partial charge on any atom is -0.378 e. The van der Waals surface area contributed by atoms with Gasteiger partial charge in [0.2, 0.25) is 5.91 Å². The van der Waals surface area contributed by atoms with E-state index < -0.39 is 6.04 Å². The van der Waals surface area contributed by atoms with Gasteiger partial charge in [0.05, 0.1) is 25.1 Å². The number of aromatic nitrogens is 2. The van der Waals surface area contributed by atoms with Gasteiger partial charge in [0.25, 0.3) is 5.56 Å². The van der Waals surface area contributed by atoms with Crippen LogP contribution in [0.15, 0.2) is 17.1 Å². The first-order chi connectivity index (χ1) is 11.7. The zero-order valence-corrected chi connectivity index (χ0v) is 14.2. The fourth-order valence-corrected chi connectivity index (χ4v) is 3.47. The number of nitrogens with zero attached hydrogens (tertiary/aromatic N) is 3. The molecule has 1 aliphatic heterocycles. The monoisotopic (exact) mass is 334 g/mol. The number of morpholine rings is 1. The normalized spacial score (nSPS) is 20.1. The van der Waals surface area contributed by atoms with E-state index in [2.05, 4.69) is 15.3 Å². The molecule has 1 aromatic heterocycles. The van der Waals surface area contributed by atoms with Gasteiger partial charge in [-0.3, -0.25) is 9.59 Å². The van der Waals surface area contributed by atoms with Gasteiger partial charge in [-0.05, 0) is 19.3 Å². The van der Waals surface area contributed by atoms with Crippen LogP contribution in [-0.2, 0) is 9.53 Å². The number of anilines is 1. The second kappa shape index (κ2) is 7.79. The summed E-state index contributed by atoms with van der Waals surface area (Å²) in [5, 5.41) is 7.35. The Morgan fingerprint density at radius 3 is 2.71 bits per heavy atom. The van der Waals surface area contributed by atoms with E-state index in [4.69, 9.17) is 4.74 Å². The topological polar surface area (TPSA) is 76.5 Å². The lowest BCUT2D eigenvalue weighted by atomic mass is 10.1. The second-order valence-electron chi connectivity index (χ2n) is 6.51. The zero-order valence-electron chi connectivity index (χ0n) is 14.2. The third-order valence-corrected chi connectivity index (χ3v) is 4.87. The first-order valence-corrected chi connectivity index (χ1v) is 8.91. The summed E-state index contributed by atoms with van der Waals surface area (Å²) in [6, 6.07) is 1.27. The number of hydrogen-bond donors (Lipinski definition) is 1. The van der Waals surface area contributed by atoms with Gasteiger partial charge in [0, 0.05) is 25.2 Å². The van der Waals surface area contributed by atoms with E-state index in [1.807, 2.05) is 6.92 Å². The van der Waals surface area contributed by atoms with Crippen molar-refractivity contribution in [1.29, 1.82) is 0 Å². The Morgan fingerprint density at radius 1 is 1.38 bits per heavy atom. The Hall–Kier alpha value is -1.89. The predicted octanol–water partition coefficient (Wildman–Crippen LogP) is 1.09. The number of carbonyl (C=O) groups is 1. The third-order valence-electron chi connectivity index (χ3n) is 4.87. The highest BCUT2D eigenvalue weighted by Crippen LogP contribution is 2.19. The Morgan fingerprint density at radius 2 is 2.08 bits per heavy atom. The van der Waals surface area contributed by atoms with Gasteiger partial charge in [-0.2, -0.15) is 5.10 Å². The maximum Gasteiger partial charge on any atom is 0.269 e. The molecule has 132 valence electrons. The molecule has 24 heavy (non-hydrogen) atoms. The molecule has 1 amide bonds. The molecule has 1 aromatic rings. The molecule has 7 heteroatoms. The zero-order chi connectivity index (χ0) is 16.9. The van der Waals surface area contributed by atoms with Crippen LogP contribution in [0, 0.1) is 0 Å². The summed E-state index contributed by atoms with van der Waals surface area (Å²) < 4.78 is 6.64. The van der Waals surface area contributed by atoms with Crippen molar-refractivity contribution in [1.82, 2.24) is 15.1 Å². The SMILES string of the molecule is CCC(C(=O)NC1CCCC1)n1ncc(N2CCOCC2)cc1=O. The highest BCUT2D eigenvalue weighted by atomic mass is 16.5. The van der Waals surface area contributed by atoms with E-state index in [0.717, 1.165) is 44.5 Å². The summed E-state index contributed by atoms with van der Waals surface area (Å²) in [6.07, 6.45) is 6.60. The maximum atomic E-state index is 12.5. The quantitative estimate of drug-likeness (QED) is 0.872. The van der Waals surface area contributed by atoms with Gasteiger partial charge >= 0.3 is 0 Å². The van der Waals surface area contributed by atoms with E-state index >= 15 is 0 Å². The lowest BCUT2D eigenvalue weighted by Crippen LogP contribution is -2.42. The Kier molecular flexibility index (Phi) is 5.50. The van der Waals surface area contributed by atoms with Crippen molar-refractivity contribution in [2.75, 3.05) is 31.2 Å². The summed E-state index contributed by atoms with van der Waals surface area (Å²) in [5.74, 6) is -0.0990. The average molecular weight is 334 g/mol. The van der Waals surface area contributed by atoms with Crippen molar-refractivity contribution in [2.45, 2.75) is 51.1 Å². The molecule has 1 aliphatic carbocycles. The molecule has 1 saturated carbocycles. The van der Waals surface area contributed by atoms with Gasteiger partial charge in [0.1, 0.15) is 6.04 Å². The fraction of sp³-hybridized carbons (Fsp3) is 0.706. The molecule has 0 radical (unpaired) electrons. The Bertz CT molecular complexity index is 619. The van der Waals surface area contributed by atoms with E-state index in [1.165, 1.54) is 4.68 Å². The molecular formula is C17H26N4O3. The average Bonchev–Trinajstić information content (AvgIpc) is 3.10. The number of hydrogen-bond acceptors (Lipinski definition) is 5. The minimum atomic E-state index is -0.545. The van der Waals surface area contributed by atoms with Crippen LogP contribution in [0.25, 0.3) is 0 Å². The minimum absolute atomic E-state index is 0.0990. The Balaban J connectivity index is 1.73. The first-order valence-electron chi connectivity index (χ1n) is 8.91.